The molecule has 0 saturated carbocycles. The number of amides is 1. The minimum atomic E-state index is -0.256. The molecule has 0 radical (unpaired) electrons. The average Bonchev–Trinajstić information content (AvgIpc) is 2.74. The van der Waals surface area contributed by atoms with Crippen molar-refractivity contribution in [3.8, 4) is 5.75 Å². The van der Waals surface area contributed by atoms with Gasteiger partial charge in [0.05, 0.1) is 0 Å². The van der Waals surface area contributed by atoms with Gasteiger partial charge in [0, 0.05) is 25.4 Å². The van der Waals surface area contributed by atoms with Crippen LogP contribution in [-0.2, 0) is 13.6 Å². The number of para-hydroxylation sites is 1. The van der Waals surface area contributed by atoms with E-state index in [1.807, 2.05) is 6.07 Å². The van der Waals surface area contributed by atoms with Crippen molar-refractivity contribution in [2.24, 2.45) is 7.05 Å². The van der Waals surface area contributed by atoms with Gasteiger partial charge in [0.1, 0.15) is 11.4 Å². The number of phenols is 1. The second-order valence-corrected chi connectivity index (χ2v) is 3.69. The molecule has 2 N–H and O–H groups in total. The molecule has 0 atom stereocenters. The van der Waals surface area contributed by atoms with Gasteiger partial charge in [-0.2, -0.15) is 5.10 Å². The van der Waals surface area contributed by atoms with E-state index in [2.05, 4.69) is 10.4 Å². The van der Waals surface area contributed by atoms with Crippen LogP contribution in [0.3, 0.4) is 0 Å². The van der Waals surface area contributed by atoms with E-state index in [1.54, 1.807) is 42.2 Å². The van der Waals surface area contributed by atoms with Gasteiger partial charge in [0.15, 0.2) is 0 Å². The Morgan fingerprint density at radius 3 is 2.82 bits per heavy atom. The molecule has 2 rings (SSSR count). The summed E-state index contributed by atoms with van der Waals surface area (Å²) >= 11 is 0. The third kappa shape index (κ3) is 2.63. The molecule has 1 aromatic carbocycles. The molecule has 0 spiro atoms. The first-order chi connectivity index (χ1) is 8.16. The summed E-state index contributed by atoms with van der Waals surface area (Å²) in [5, 5.41) is 16.2. The van der Waals surface area contributed by atoms with Crippen LogP contribution in [0.25, 0.3) is 0 Å². The summed E-state index contributed by atoms with van der Waals surface area (Å²) in [4.78, 5) is 11.7. The van der Waals surface area contributed by atoms with E-state index in [0.29, 0.717) is 11.3 Å². The van der Waals surface area contributed by atoms with Gasteiger partial charge in [-0.1, -0.05) is 18.2 Å². The molecule has 0 bridgehead atoms. The average molecular weight is 231 g/mol. The zero-order valence-electron chi connectivity index (χ0n) is 9.42. The summed E-state index contributed by atoms with van der Waals surface area (Å²) < 4.78 is 1.56. The summed E-state index contributed by atoms with van der Waals surface area (Å²) in [5.41, 5.74) is 1.04. The lowest BCUT2D eigenvalue weighted by atomic mass is 10.2. The number of rotatable bonds is 3. The van der Waals surface area contributed by atoms with Gasteiger partial charge in [0.2, 0.25) is 0 Å². The van der Waals surface area contributed by atoms with E-state index >= 15 is 0 Å². The summed E-state index contributed by atoms with van der Waals surface area (Å²) in [6.07, 6.45) is 1.70. The summed E-state index contributed by atoms with van der Waals surface area (Å²) in [5.74, 6) is -0.0809. The Morgan fingerprint density at radius 1 is 1.41 bits per heavy atom. The second-order valence-electron chi connectivity index (χ2n) is 3.69. The standard InChI is InChI=1S/C12H13N3O2/c1-15-7-6-10(14-15)12(17)13-8-9-4-2-3-5-11(9)16/h2-7,16H,8H2,1H3,(H,13,17). The third-order valence-electron chi connectivity index (χ3n) is 2.38. The zero-order chi connectivity index (χ0) is 12.3. The van der Waals surface area contributed by atoms with Crippen LogP contribution in [0.1, 0.15) is 16.1 Å². The summed E-state index contributed by atoms with van der Waals surface area (Å²) in [6, 6.07) is 8.53. The second kappa shape index (κ2) is 4.69. The molecule has 5 heteroatoms. The van der Waals surface area contributed by atoms with Gasteiger partial charge < -0.3 is 10.4 Å². The first kappa shape index (κ1) is 11.2. The van der Waals surface area contributed by atoms with Crippen LogP contribution in [0.4, 0.5) is 0 Å². The maximum absolute atomic E-state index is 11.7. The number of carbonyl (C=O) groups is 1. The van der Waals surface area contributed by atoms with Crippen molar-refractivity contribution in [2.75, 3.05) is 0 Å². The number of hydrogen-bond donors (Lipinski definition) is 2. The SMILES string of the molecule is Cn1ccc(C(=O)NCc2ccccc2O)n1. The topological polar surface area (TPSA) is 67.2 Å². The van der Waals surface area contributed by atoms with E-state index in [-0.39, 0.29) is 18.2 Å². The largest absolute Gasteiger partial charge is 0.508 e. The number of aromatic hydroxyl groups is 1. The first-order valence-corrected chi connectivity index (χ1v) is 5.21. The van der Waals surface area contributed by atoms with Crippen molar-refractivity contribution < 1.29 is 9.90 Å². The quantitative estimate of drug-likeness (QED) is 0.829. The predicted molar refractivity (Wildman–Crippen MR) is 62.5 cm³/mol. The van der Waals surface area contributed by atoms with Crippen molar-refractivity contribution in [3.05, 3.63) is 47.8 Å². The molecule has 0 aliphatic rings. The van der Waals surface area contributed by atoms with Crippen LogP contribution in [0.2, 0.25) is 0 Å². The number of nitrogens with zero attached hydrogens (tertiary/aromatic N) is 2. The van der Waals surface area contributed by atoms with E-state index in [4.69, 9.17) is 0 Å². The Kier molecular flexibility index (Phi) is 3.09. The minimum Gasteiger partial charge on any atom is -0.508 e. The fraction of sp³-hybridized carbons (Fsp3) is 0.167. The molecular weight excluding hydrogens is 218 g/mol. The molecular formula is C12H13N3O2. The highest BCUT2D eigenvalue weighted by Gasteiger charge is 2.08. The van der Waals surface area contributed by atoms with E-state index in [1.165, 1.54) is 0 Å². The van der Waals surface area contributed by atoms with E-state index < -0.39 is 0 Å². The molecule has 1 heterocycles. The van der Waals surface area contributed by atoms with Gasteiger partial charge in [-0.15, -0.1) is 0 Å². The van der Waals surface area contributed by atoms with Crippen molar-refractivity contribution >= 4 is 5.91 Å². The van der Waals surface area contributed by atoms with Gasteiger partial charge in [-0.05, 0) is 12.1 Å². The van der Waals surface area contributed by atoms with Gasteiger partial charge in [-0.25, -0.2) is 0 Å². The minimum absolute atomic E-state index is 0.175. The molecule has 1 aromatic heterocycles. The maximum Gasteiger partial charge on any atom is 0.272 e. The van der Waals surface area contributed by atoms with Crippen LogP contribution < -0.4 is 5.32 Å². The highest BCUT2D eigenvalue weighted by atomic mass is 16.3. The van der Waals surface area contributed by atoms with Crippen LogP contribution in [0.15, 0.2) is 36.5 Å². The number of hydrogen-bond acceptors (Lipinski definition) is 3. The molecule has 2 aromatic rings. The normalized spacial score (nSPS) is 10.2. The Balaban J connectivity index is 1.99. The molecule has 0 aliphatic carbocycles. The number of aryl methyl sites for hydroxylation is 1. The number of aromatic nitrogens is 2. The van der Waals surface area contributed by atoms with Crippen molar-refractivity contribution in [1.29, 1.82) is 0 Å². The summed E-state index contributed by atoms with van der Waals surface area (Å²) in [7, 11) is 1.75. The Hall–Kier alpha value is -2.30. The fourth-order valence-corrected chi connectivity index (χ4v) is 1.46. The molecule has 1 amide bonds. The molecule has 0 aliphatic heterocycles. The lowest BCUT2D eigenvalue weighted by molar-refractivity contribution is 0.0945. The van der Waals surface area contributed by atoms with Crippen molar-refractivity contribution in [3.63, 3.8) is 0 Å². The number of benzene rings is 1. The van der Waals surface area contributed by atoms with Crippen LogP contribution in [0.5, 0.6) is 5.75 Å². The third-order valence-corrected chi connectivity index (χ3v) is 2.38. The van der Waals surface area contributed by atoms with E-state index in [0.717, 1.165) is 0 Å². The number of phenolic OH excluding ortho intramolecular Hbond substituents is 1. The molecule has 0 fully saturated rings. The summed E-state index contributed by atoms with van der Waals surface area (Å²) in [6.45, 7) is 0.280. The predicted octanol–water partition coefficient (Wildman–Crippen LogP) is 1.06. The van der Waals surface area contributed by atoms with E-state index in [9.17, 15) is 9.90 Å². The number of nitrogens with one attached hydrogen (secondary N) is 1. The van der Waals surface area contributed by atoms with Crippen molar-refractivity contribution in [1.82, 2.24) is 15.1 Å². The molecule has 17 heavy (non-hydrogen) atoms. The molecule has 0 unspecified atom stereocenters. The van der Waals surface area contributed by atoms with Gasteiger partial charge >= 0.3 is 0 Å². The Morgan fingerprint density at radius 2 is 2.18 bits per heavy atom. The van der Waals surface area contributed by atoms with Crippen LogP contribution in [0, 0.1) is 0 Å². The molecule has 5 nitrogen and oxygen atoms in total. The highest BCUT2D eigenvalue weighted by Crippen LogP contribution is 2.14. The van der Waals surface area contributed by atoms with Gasteiger partial charge in [-0.3, -0.25) is 9.48 Å². The lowest BCUT2D eigenvalue weighted by Crippen LogP contribution is -2.23. The van der Waals surface area contributed by atoms with Crippen LogP contribution in [-0.4, -0.2) is 20.8 Å². The monoisotopic (exact) mass is 231 g/mol. The van der Waals surface area contributed by atoms with Crippen molar-refractivity contribution in [2.45, 2.75) is 6.54 Å². The lowest BCUT2D eigenvalue weighted by Gasteiger charge is -2.05. The first-order valence-electron chi connectivity index (χ1n) is 5.21. The van der Waals surface area contributed by atoms with Gasteiger partial charge in [0.25, 0.3) is 5.91 Å². The maximum atomic E-state index is 11.7. The Labute approximate surface area is 98.7 Å². The Bertz CT molecular complexity index is 534. The van der Waals surface area contributed by atoms with Crippen LogP contribution >= 0.6 is 0 Å². The highest BCUT2D eigenvalue weighted by molar-refractivity contribution is 5.92. The smallest absolute Gasteiger partial charge is 0.272 e. The number of carbonyl (C=O) groups excluding carboxylic acids is 1. The fourth-order valence-electron chi connectivity index (χ4n) is 1.46. The molecule has 88 valence electrons. The molecule has 0 saturated heterocycles. The zero-order valence-corrected chi connectivity index (χ0v) is 9.42.